The van der Waals surface area contributed by atoms with E-state index in [0.717, 1.165) is 5.69 Å². The molecule has 0 saturated carbocycles. The molecule has 0 saturated heterocycles. The fourth-order valence-electron chi connectivity index (χ4n) is 1.77. The van der Waals surface area contributed by atoms with Gasteiger partial charge >= 0.3 is 0 Å². The van der Waals surface area contributed by atoms with Gasteiger partial charge in [0.1, 0.15) is 5.82 Å². The van der Waals surface area contributed by atoms with E-state index in [0.29, 0.717) is 17.1 Å². The molecule has 2 aromatic rings. The van der Waals surface area contributed by atoms with Crippen LogP contribution in [0.15, 0.2) is 30.3 Å². The van der Waals surface area contributed by atoms with E-state index in [1.807, 2.05) is 0 Å². The minimum Gasteiger partial charge on any atom is -0.398 e. The normalized spacial score (nSPS) is 11.5. The number of para-hydroxylation sites is 1. The van der Waals surface area contributed by atoms with Crippen LogP contribution in [0.2, 0.25) is 0 Å². The van der Waals surface area contributed by atoms with Gasteiger partial charge in [0.2, 0.25) is 10.0 Å². The number of nitrogens with zero attached hydrogens (tertiary/aromatic N) is 2. The first-order valence-electron chi connectivity index (χ1n) is 5.72. The van der Waals surface area contributed by atoms with E-state index in [9.17, 15) is 8.42 Å². The quantitative estimate of drug-likeness (QED) is 0.825. The standard InChI is InChI=1S/C12H16N4O2S/c1-9-7-12(16(2)14-9)15-19(17,18)8-10-5-3-4-6-11(10)13/h3-7,15H,8,13H2,1-2H3. The number of anilines is 2. The van der Waals surface area contributed by atoms with Crippen molar-refractivity contribution in [3.63, 3.8) is 0 Å². The van der Waals surface area contributed by atoms with Crippen LogP contribution in [-0.4, -0.2) is 18.2 Å². The predicted molar refractivity (Wildman–Crippen MR) is 75.0 cm³/mol. The highest BCUT2D eigenvalue weighted by Gasteiger charge is 2.15. The van der Waals surface area contributed by atoms with Gasteiger partial charge in [-0.25, -0.2) is 8.42 Å². The van der Waals surface area contributed by atoms with Crippen LogP contribution in [0.5, 0.6) is 0 Å². The number of benzene rings is 1. The lowest BCUT2D eigenvalue weighted by atomic mass is 10.2. The SMILES string of the molecule is Cc1cc(NS(=O)(=O)Cc2ccccc2N)n(C)n1. The van der Waals surface area contributed by atoms with Crippen molar-refractivity contribution in [1.82, 2.24) is 9.78 Å². The van der Waals surface area contributed by atoms with E-state index < -0.39 is 10.0 Å². The maximum Gasteiger partial charge on any atom is 0.238 e. The fourth-order valence-corrected chi connectivity index (χ4v) is 3.03. The Bertz CT molecular complexity index is 692. The maximum absolute atomic E-state index is 12.1. The first-order valence-corrected chi connectivity index (χ1v) is 7.37. The Kier molecular flexibility index (Phi) is 3.48. The summed E-state index contributed by atoms with van der Waals surface area (Å²) in [5.41, 5.74) is 7.54. The number of aryl methyl sites for hydroxylation is 2. The van der Waals surface area contributed by atoms with Gasteiger partial charge in [-0.1, -0.05) is 18.2 Å². The second kappa shape index (κ2) is 4.93. The van der Waals surface area contributed by atoms with Crippen LogP contribution < -0.4 is 10.5 Å². The Morgan fingerprint density at radius 3 is 2.63 bits per heavy atom. The summed E-state index contributed by atoms with van der Waals surface area (Å²) in [6.45, 7) is 1.80. The van der Waals surface area contributed by atoms with Gasteiger partial charge in [0.05, 0.1) is 11.4 Å². The van der Waals surface area contributed by atoms with Gasteiger partial charge in [0.15, 0.2) is 0 Å². The molecule has 1 aromatic carbocycles. The first-order chi connectivity index (χ1) is 8.87. The molecule has 2 rings (SSSR count). The lowest BCUT2D eigenvalue weighted by Crippen LogP contribution is -2.17. The van der Waals surface area contributed by atoms with E-state index in [1.54, 1.807) is 44.3 Å². The van der Waals surface area contributed by atoms with Crippen molar-refractivity contribution < 1.29 is 8.42 Å². The van der Waals surface area contributed by atoms with Crippen molar-refractivity contribution in [3.8, 4) is 0 Å². The Morgan fingerprint density at radius 1 is 1.37 bits per heavy atom. The van der Waals surface area contributed by atoms with E-state index in [2.05, 4.69) is 9.82 Å². The van der Waals surface area contributed by atoms with Crippen molar-refractivity contribution in [2.24, 2.45) is 7.05 Å². The van der Waals surface area contributed by atoms with Gasteiger partial charge in [-0.3, -0.25) is 9.40 Å². The molecule has 0 radical (unpaired) electrons. The van der Waals surface area contributed by atoms with Crippen molar-refractivity contribution in [2.45, 2.75) is 12.7 Å². The van der Waals surface area contributed by atoms with E-state index in [4.69, 9.17) is 5.73 Å². The average Bonchev–Trinajstić information content (AvgIpc) is 2.59. The number of nitrogen functional groups attached to an aromatic ring is 1. The summed E-state index contributed by atoms with van der Waals surface area (Å²) in [4.78, 5) is 0. The van der Waals surface area contributed by atoms with E-state index >= 15 is 0 Å². The Balaban J connectivity index is 2.20. The number of hydrogen-bond donors (Lipinski definition) is 2. The van der Waals surface area contributed by atoms with E-state index in [-0.39, 0.29) is 5.75 Å². The van der Waals surface area contributed by atoms with Crippen LogP contribution >= 0.6 is 0 Å². The minimum absolute atomic E-state index is 0.163. The van der Waals surface area contributed by atoms with Crippen LogP contribution in [0.25, 0.3) is 0 Å². The highest BCUT2D eigenvalue weighted by atomic mass is 32.2. The molecule has 0 aliphatic heterocycles. The number of nitrogens with one attached hydrogen (secondary N) is 1. The molecule has 102 valence electrons. The predicted octanol–water partition coefficient (Wildman–Crippen LogP) is 1.25. The van der Waals surface area contributed by atoms with Crippen LogP contribution in [0.1, 0.15) is 11.3 Å². The molecule has 1 heterocycles. The van der Waals surface area contributed by atoms with Gasteiger partial charge in [-0.15, -0.1) is 0 Å². The second-order valence-corrected chi connectivity index (χ2v) is 6.08. The molecule has 0 bridgehead atoms. The molecule has 0 unspecified atom stereocenters. The molecule has 7 heteroatoms. The Hall–Kier alpha value is -2.02. The smallest absolute Gasteiger partial charge is 0.238 e. The molecular weight excluding hydrogens is 264 g/mol. The lowest BCUT2D eigenvalue weighted by molar-refractivity contribution is 0.599. The number of sulfonamides is 1. The topological polar surface area (TPSA) is 90.0 Å². The van der Waals surface area contributed by atoms with Crippen LogP contribution in [0.4, 0.5) is 11.5 Å². The molecule has 0 aliphatic carbocycles. The summed E-state index contributed by atoms with van der Waals surface area (Å²) in [6, 6.07) is 8.58. The van der Waals surface area contributed by atoms with Gasteiger partial charge < -0.3 is 5.73 Å². The van der Waals surface area contributed by atoms with Crippen molar-refractivity contribution in [2.75, 3.05) is 10.5 Å². The summed E-state index contributed by atoms with van der Waals surface area (Å²) >= 11 is 0. The maximum atomic E-state index is 12.1. The largest absolute Gasteiger partial charge is 0.398 e. The Labute approximate surface area is 112 Å². The summed E-state index contributed by atoms with van der Waals surface area (Å²) < 4.78 is 28.1. The number of nitrogens with two attached hydrogens (primary N) is 1. The lowest BCUT2D eigenvalue weighted by Gasteiger charge is -2.09. The van der Waals surface area contributed by atoms with Crippen molar-refractivity contribution in [1.29, 1.82) is 0 Å². The zero-order valence-corrected chi connectivity index (χ0v) is 11.6. The monoisotopic (exact) mass is 280 g/mol. The van der Waals surface area contributed by atoms with Crippen LogP contribution in [0.3, 0.4) is 0 Å². The molecule has 0 fully saturated rings. The highest BCUT2D eigenvalue weighted by Crippen LogP contribution is 2.17. The van der Waals surface area contributed by atoms with E-state index in [1.165, 1.54) is 4.68 Å². The summed E-state index contributed by atoms with van der Waals surface area (Å²) in [5, 5.41) is 4.08. The second-order valence-electron chi connectivity index (χ2n) is 4.35. The zero-order valence-electron chi connectivity index (χ0n) is 10.8. The summed E-state index contributed by atoms with van der Waals surface area (Å²) in [5.74, 6) is 0.274. The Morgan fingerprint density at radius 2 is 2.05 bits per heavy atom. The zero-order chi connectivity index (χ0) is 14.0. The third-order valence-electron chi connectivity index (χ3n) is 2.66. The van der Waals surface area contributed by atoms with Gasteiger partial charge in [-0.05, 0) is 18.6 Å². The van der Waals surface area contributed by atoms with Crippen LogP contribution in [-0.2, 0) is 22.8 Å². The van der Waals surface area contributed by atoms with Gasteiger partial charge in [0, 0.05) is 18.8 Å². The number of aromatic nitrogens is 2. The average molecular weight is 280 g/mol. The molecule has 6 nitrogen and oxygen atoms in total. The molecule has 1 aromatic heterocycles. The minimum atomic E-state index is -3.51. The number of rotatable bonds is 4. The molecule has 0 atom stereocenters. The highest BCUT2D eigenvalue weighted by molar-refractivity contribution is 7.91. The van der Waals surface area contributed by atoms with Crippen molar-refractivity contribution >= 4 is 21.5 Å². The molecule has 3 N–H and O–H groups in total. The van der Waals surface area contributed by atoms with Gasteiger partial charge in [-0.2, -0.15) is 5.10 Å². The first kappa shape index (κ1) is 13.4. The van der Waals surface area contributed by atoms with Crippen LogP contribution in [0, 0.1) is 6.92 Å². The van der Waals surface area contributed by atoms with Gasteiger partial charge in [0.25, 0.3) is 0 Å². The molecule has 0 aliphatic rings. The molecule has 0 spiro atoms. The molecule has 0 amide bonds. The summed E-state index contributed by atoms with van der Waals surface area (Å²) in [6.07, 6.45) is 0. The molecular formula is C12H16N4O2S. The fraction of sp³-hybridized carbons (Fsp3) is 0.250. The third kappa shape index (κ3) is 3.25. The van der Waals surface area contributed by atoms with Crippen molar-refractivity contribution in [3.05, 3.63) is 41.6 Å². The number of hydrogen-bond acceptors (Lipinski definition) is 4. The third-order valence-corrected chi connectivity index (χ3v) is 3.87. The molecule has 19 heavy (non-hydrogen) atoms. The summed E-state index contributed by atoms with van der Waals surface area (Å²) in [7, 11) is -1.83.